The Morgan fingerprint density at radius 2 is 1.74 bits per heavy atom. The SMILES string of the molecule is Cc1cc(C)cc(NC(=O)[C@@H]2[C@@H]3C=C[C@]4(O3)[C@@H]2C(=O)N(CCN2CCCC[C@@H]2C)[C@H]4C(=O)N[C@@H]2CCC[C@H](C)[C@@H]2C)c1. The predicted molar refractivity (Wildman–Crippen MR) is 163 cm³/mol. The van der Waals surface area contributed by atoms with Crippen LogP contribution in [0.2, 0.25) is 0 Å². The van der Waals surface area contributed by atoms with Crippen LogP contribution in [0.25, 0.3) is 0 Å². The summed E-state index contributed by atoms with van der Waals surface area (Å²) in [6.07, 6.45) is 10.0. The highest BCUT2D eigenvalue weighted by Crippen LogP contribution is 2.55. The van der Waals surface area contributed by atoms with Gasteiger partial charge in [0.15, 0.2) is 0 Å². The molecule has 1 aromatic carbocycles. The normalized spacial score (nSPS) is 37.6. The number of likely N-dealkylation sites (tertiary alicyclic amines) is 2. The Labute approximate surface area is 250 Å². The van der Waals surface area contributed by atoms with Gasteiger partial charge in [-0.3, -0.25) is 19.3 Å². The Hall–Kier alpha value is -2.71. The number of nitrogens with one attached hydrogen (secondary N) is 2. The van der Waals surface area contributed by atoms with Crippen molar-refractivity contribution in [2.45, 2.75) is 103 Å². The van der Waals surface area contributed by atoms with Gasteiger partial charge in [0, 0.05) is 30.9 Å². The lowest BCUT2D eigenvalue weighted by Crippen LogP contribution is -2.58. The predicted octanol–water partition coefficient (Wildman–Crippen LogP) is 4.21. The Morgan fingerprint density at radius 1 is 0.976 bits per heavy atom. The van der Waals surface area contributed by atoms with Crippen molar-refractivity contribution >= 4 is 23.4 Å². The third-order valence-corrected chi connectivity index (χ3v) is 11.0. The number of hydrogen-bond donors (Lipinski definition) is 2. The molecule has 5 aliphatic rings. The number of aryl methyl sites for hydroxylation is 2. The van der Waals surface area contributed by atoms with Gasteiger partial charge in [0.2, 0.25) is 17.7 Å². The zero-order valence-corrected chi connectivity index (χ0v) is 25.9. The Balaban J connectivity index is 1.28. The van der Waals surface area contributed by atoms with Crippen LogP contribution in [0, 0.1) is 37.5 Å². The van der Waals surface area contributed by atoms with E-state index in [1.807, 2.05) is 38.1 Å². The van der Waals surface area contributed by atoms with Crippen LogP contribution >= 0.6 is 0 Å². The van der Waals surface area contributed by atoms with Crippen LogP contribution in [0.15, 0.2) is 30.4 Å². The second-order valence-electron chi connectivity index (χ2n) is 13.9. The van der Waals surface area contributed by atoms with Gasteiger partial charge in [-0.1, -0.05) is 51.3 Å². The summed E-state index contributed by atoms with van der Waals surface area (Å²) in [5.41, 5.74) is 1.70. The Bertz CT molecular complexity index is 1240. The molecule has 8 heteroatoms. The zero-order chi connectivity index (χ0) is 29.8. The van der Waals surface area contributed by atoms with Crippen molar-refractivity contribution in [1.29, 1.82) is 0 Å². The van der Waals surface area contributed by atoms with E-state index in [2.05, 4.69) is 42.4 Å². The van der Waals surface area contributed by atoms with Crippen LogP contribution in [-0.2, 0) is 19.1 Å². The van der Waals surface area contributed by atoms with Crippen molar-refractivity contribution in [2.75, 3.05) is 25.0 Å². The van der Waals surface area contributed by atoms with Gasteiger partial charge in [-0.05, 0) is 81.7 Å². The van der Waals surface area contributed by atoms with Crippen LogP contribution in [0.5, 0.6) is 0 Å². The maximum absolute atomic E-state index is 14.4. The van der Waals surface area contributed by atoms with Crippen molar-refractivity contribution < 1.29 is 19.1 Å². The van der Waals surface area contributed by atoms with E-state index in [4.69, 9.17) is 4.74 Å². The molecular formula is C34H48N4O4. The molecule has 6 rings (SSSR count). The van der Waals surface area contributed by atoms with E-state index in [9.17, 15) is 14.4 Å². The Morgan fingerprint density at radius 3 is 2.48 bits per heavy atom. The molecule has 3 saturated heterocycles. The monoisotopic (exact) mass is 576 g/mol. The minimum Gasteiger partial charge on any atom is -0.359 e. The number of fused-ring (bicyclic) bond motifs is 1. The minimum atomic E-state index is -1.13. The molecular weight excluding hydrogens is 528 g/mol. The highest BCUT2D eigenvalue weighted by atomic mass is 16.5. The largest absolute Gasteiger partial charge is 0.359 e. The number of anilines is 1. The number of benzene rings is 1. The average molecular weight is 577 g/mol. The standard InChI is InChI=1S/C34H48N4O4/c1-20-17-21(2)19-25(18-20)35-31(39)28-27-12-13-34(42-27)29(28)33(41)38(16-15-37-14-7-6-10-23(37)4)30(34)32(40)36-26-11-8-9-22(3)24(26)5/h12-13,17-19,22-24,26-30H,6-11,14-16H2,1-5H3,(H,35,39)(H,36,40)/t22-,23-,24-,26+,27-,28+,29-,30-,34-/m0/s1. The highest BCUT2D eigenvalue weighted by molar-refractivity contribution is 6.02. The van der Waals surface area contributed by atoms with Gasteiger partial charge in [0.25, 0.3) is 0 Å². The first-order valence-corrected chi connectivity index (χ1v) is 16.2. The molecule has 0 unspecified atom stereocenters. The number of nitrogens with zero attached hydrogens (tertiary/aromatic N) is 2. The summed E-state index contributed by atoms with van der Waals surface area (Å²) >= 11 is 0. The molecule has 42 heavy (non-hydrogen) atoms. The van der Waals surface area contributed by atoms with E-state index < -0.39 is 29.6 Å². The molecule has 2 bridgehead atoms. The quantitative estimate of drug-likeness (QED) is 0.475. The topological polar surface area (TPSA) is 91.0 Å². The molecule has 4 aliphatic heterocycles. The lowest BCUT2D eigenvalue weighted by atomic mass is 9.73. The minimum absolute atomic E-state index is 0.0713. The van der Waals surface area contributed by atoms with Gasteiger partial charge in [-0.2, -0.15) is 0 Å². The lowest BCUT2D eigenvalue weighted by Gasteiger charge is -2.39. The third kappa shape index (κ3) is 5.08. The smallest absolute Gasteiger partial charge is 0.246 e. The van der Waals surface area contributed by atoms with Crippen LogP contribution in [0.3, 0.4) is 0 Å². The summed E-state index contributed by atoms with van der Waals surface area (Å²) in [7, 11) is 0. The average Bonchev–Trinajstić information content (AvgIpc) is 3.57. The van der Waals surface area contributed by atoms with E-state index >= 15 is 0 Å². The molecule has 1 spiro atoms. The van der Waals surface area contributed by atoms with Crippen LogP contribution < -0.4 is 10.6 Å². The number of carbonyl (C=O) groups excluding carboxylic acids is 3. The first-order valence-electron chi connectivity index (χ1n) is 16.2. The van der Waals surface area contributed by atoms with Gasteiger partial charge in [0.05, 0.1) is 17.9 Å². The van der Waals surface area contributed by atoms with E-state index in [-0.39, 0.29) is 23.8 Å². The molecule has 2 N–H and O–H groups in total. The molecule has 3 amide bonds. The third-order valence-electron chi connectivity index (χ3n) is 11.0. The van der Waals surface area contributed by atoms with Crippen LogP contribution in [0.4, 0.5) is 5.69 Å². The summed E-state index contributed by atoms with van der Waals surface area (Å²) in [6.45, 7) is 12.9. The van der Waals surface area contributed by atoms with Gasteiger partial charge in [0.1, 0.15) is 11.6 Å². The van der Waals surface area contributed by atoms with E-state index in [1.165, 1.54) is 12.8 Å². The molecule has 8 nitrogen and oxygen atoms in total. The number of amides is 3. The molecule has 1 saturated carbocycles. The van der Waals surface area contributed by atoms with Crippen molar-refractivity contribution in [3.63, 3.8) is 0 Å². The summed E-state index contributed by atoms with van der Waals surface area (Å²) < 4.78 is 6.58. The fourth-order valence-electron chi connectivity index (χ4n) is 8.55. The molecule has 1 aliphatic carbocycles. The molecule has 4 heterocycles. The molecule has 9 atom stereocenters. The van der Waals surface area contributed by atoms with Gasteiger partial charge in [-0.15, -0.1) is 0 Å². The number of ether oxygens (including phenoxy) is 1. The first kappa shape index (κ1) is 29.4. The van der Waals surface area contributed by atoms with Crippen molar-refractivity contribution in [3.8, 4) is 0 Å². The molecule has 228 valence electrons. The van der Waals surface area contributed by atoms with Crippen molar-refractivity contribution in [3.05, 3.63) is 41.5 Å². The number of rotatable bonds is 7. The fraction of sp³-hybridized carbons (Fsp3) is 0.676. The number of piperidine rings is 1. The maximum Gasteiger partial charge on any atom is 0.246 e. The summed E-state index contributed by atoms with van der Waals surface area (Å²) in [5.74, 6) is -1.03. The molecule has 0 aromatic heterocycles. The van der Waals surface area contributed by atoms with Gasteiger partial charge < -0.3 is 20.3 Å². The van der Waals surface area contributed by atoms with E-state index in [0.29, 0.717) is 31.0 Å². The van der Waals surface area contributed by atoms with Gasteiger partial charge in [-0.25, -0.2) is 0 Å². The maximum atomic E-state index is 14.4. The van der Waals surface area contributed by atoms with Crippen LogP contribution in [0.1, 0.15) is 70.4 Å². The highest BCUT2D eigenvalue weighted by Gasteiger charge is 2.72. The van der Waals surface area contributed by atoms with Gasteiger partial charge >= 0.3 is 0 Å². The number of carbonyl (C=O) groups is 3. The van der Waals surface area contributed by atoms with Crippen LogP contribution in [-0.4, -0.2) is 77.0 Å². The lowest BCUT2D eigenvalue weighted by molar-refractivity contribution is -0.142. The fourth-order valence-corrected chi connectivity index (χ4v) is 8.55. The number of hydrogen-bond acceptors (Lipinski definition) is 5. The summed E-state index contributed by atoms with van der Waals surface area (Å²) in [5, 5.41) is 6.44. The second-order valence-corrected chi connectivity index (χ2v) is 13.9. The molecule has 1 aromatic rings. The van der Waals surface area contributed by atoms with E-state index in [1.54, 1.807) is 4.90 Å². The summed E-state index contributed by atoms with van der Waals surface area (Å²) in [4.78, 5) is 46.6. The Kier molecular flexibility index (Phi) is 7.98. The van der Waals surface area contributed by atoms with Crippen molar-refractivity contribution in [1.82, 2.24) is 15.1 Å². The summed E-state index contributed by atoms with van der Waals surface area (Å²) in [6, 6.07) is 5.68. The first-order chi connectivity index (χ1) is 20.1. The second kappa shape index (κ2) is 11.4. The molecule has 0 radical (unpaired) electrons. The van der Waals surface area contributed by atoms with Crippen molar-refractivity contribution in [2.24, 2.45) is 23.7 Å². The van der Waals surface area contributed by atoms with E-state index in [0.717, 1.165) is 49.0 Å². The zero-order valence-electron chi connectivity index (χ0n) is 25.9. The molecule has 4 fully saturated rings.